The van der Waals surface area contributed by atoms with Crippen molar-refractivity contribution >= 4 is 24.9 Å². The van der Waals surface area contributed by atoms with Crippen LogP contribution in [0.5, 0.6) is 0 Å². The fraction of sp³-hybridized carbons (Fsp3) is 0.167. The van der Waals surface area contributed by atoms with Crippen LogP contribution in [0.4, 0.5) is 0 Å². The van der Waals surface area contributed by atoms with E-state index < -0.39 is 0 Å². The zero-order chi connectivity index (χ0) is 7.56. The normalized spacial score (nSPS) is 9.80. The second kappa shape index (κ2) is 3.04. The number of aliphatic hydroxyl groups is 1. The molecule has 0 atom stereocenters. The summed E-state index contributed by atoms with van der Waals surface area (Å²) in [5, 5.41) is 9.02. The van der Waals surface area contributed by atoms with E-state index in [0.29, 0.717) is 16.2 Å². The van der Waals surface area contributed by atoms with Crippen LogP contribution in [-0.2, 0) is 6.61 Å². The number of aliphatic hydroxyl groups excluding tert-OH is 1. The van der Waals surface area contributed by atoms with Crippen molar-refractivity contribution in [3.8, 4) is 0 Å². The van der Waals surface area contributed by atoms with Gasteiger partial charge in [-0.1, -0.05) is 17.1 Å². The summed E-state index contributed by atoms with van der Waals surface area (Å²) in [6.45, 7) is -0.103. The first kappa shape index (κ1) is 7.57. The molecule has 10 heavy (non-hydrogen) atoms. The van der Waals surface area contributed by atoms with E-state index in [1.165, 1.54) is 12.3 Å². The molecule has 0 bridgehead atoms. The van der Waals surface area contributed by atoms with Gasteiger partial charge in [-0.05, 0) is 11.6 Å². The van der Waals surface area contributed by atoms with Crippen LogP contribution < -0.4 is 5.46 Å². The summed E-state index contributed by atoms with van der Waals surface area (Å²) >= 11 is 5.52. The van der Waals surface area contributed by atoms with Crippen LogP contribution in [0.3, 0.4) is 0 Å². The number of halogens is 1. The molecular weight excluding hydrogens is 148 g/mol. The first-order valence-electron chi connectivity index (χ1n) is 2.75. The van der Waals surface area contributed by atoms with Crippen LogP contribution in [0, 0.1) is 0 Å². The van der Waals surface area contributed by atoms with Gasteiger partial charge < -0.3 is 5.11 Å². The van der Waals surface area contributed by atoms with E-state index in [1.807, 2.05) is 0 Å². The lowest BCUT2D eigenvalue weighted by molar-refractivity contribution is 0.283. The molecule has 0 aromatic carbocycles. The molecule has 0 amide bonds. The lowest BCUT2D eigenvalue weighted by Gasteiger charge is -2.00. The Kier molecular flexibility index (Phi) is 2.30. The summed E-state index contributed by atoms with van der Waals surface area (Å²) < 4.78 is 0. The second-order valence-electron chi connectivity index (χ2n) is 1.86. The topological polar surface area (TPSA) is 33.1 Å². The zero-order valence-corrected chi connectivity index (χ0v) is 5.97. The van der Waals surface area contributed by atoms with Crippen LogP contribution in [0.2, 0.25) is 5.15 Å². The standard InChI is InChI=1S/C6H5BClNO/c7-5-2-9-6(8)1-4(5)3-10/h1-2,10H,3H2. The van der Waals surface area contributed by atoms with E-state index in [0.717, 1.165) is 0 Å². The number of hydrogen-bond acceptors (Lipinski definition) is 2. The van der Waals surface area contributed by atoms with Crippen LogP contribution >= 0.6 is 11.6 Å². The van der Waals surface area contributed by atoms with Gasteiger partial charge in [-0.3, -0.25) is 0 Å². The summed E-state index contributed by atoms with van der Waals surface area (Å²) in [4.78, 5) is 3.72. The molecule has 50 valence electrons. The van der Waals surface area contributed by atoms with Gasteiger partial charge in [0.15, 0.2) is 0 Å². The Morgan fingerprint density at radius 1 is 1.70 bits per heavy atom. The molecule has 0 aliphatic carbocycles. The molecule has 0 spiro atoms. The summed E-state index contributed by atoms with van der Waals surface area (Å²) in [5.74, 6) is 0. The van der Waals surface area contributed by atoms with Gasteiger partial charge >= 0.3 is 0 Å². The summed E-state index contributed by atoms with van der Waals surface area (Å²) in [7, 11) is 5.42. The van der Waals surface area contributed by atoms with Crippen molar-refractivity contribution in [2.45, 2.75) is 6.61 Å². The number of nitrogens with zero attached hydrogens (tertiary/aromatic N) is 1. The number of aromatic nitrogens is 1. The lowest BCUT2D eigenvalue weighted by Crippen LogP contribution is -2.10. The number of rotatable bonds is 1. The third kappa shape index (κ3) is 1.49. The van der Waals surface area contributed by atoms with Crippen molar-refractivity contribution in [2.24, 2.45) is 0 Å². The Hall–Kier alpha value is -0.535. The fourth-order valence-electron chi connectivity index (χ4n) is 0.615. The SMILES string of the molecule is [B]c1cnc(Cl)cc1CO. The summed E-state index contributed by atoms with van der Waals surface area (Å²) in [5.41, 5.74) is 1.08. The Morgan fingerprint density at radius 3 is 2.90 bits per heavy atom. The predicted molar refractivity (Wildman–Crippen MR) is 40.6 cm³/mol. The van der Waals surface area contributed by atoms with Crippen LogP contribution in [0.1, 0.15) is 5.56 Å². The fourth-order valence-corrected chi connectivity index (χ4v) is 0.796. The molecule has 1 heterocycles. The quantitative estimate of drug-likeness (QED) is 0.456. The summed E-state index contributed by atoms with van der Waals surface area (Å²) in [6, 6.07) is 1.54. The van der Waals surface area contributed by atoms with Crippen molar-refractivity contribution in [3.63, 3.8) is 0 Å². The molecule has 0 aliphatic heterocycles. The molecule has 0 fully saturated rings. The van der Waals surface area contributed by atoms with Gasteiger partial charge in [0.1, 0.15) is 13.0 Å². The zero-order valence-electron chi connectivity index (χ0n) is 5.21. The number of hydrogen-bond donors (Lipinski definition) is 1. The highest BCUT2D eigenvalue weighted by Gasteiger charge is 1.96. The molecular formula is C6H5BClNO. The van der Waals surface area contributed by atoms with E-state index in [9.17, 15) is 0 Å². The molecule has 0 unspecified atom stereocenters. The Balaban J connectivity index is 3.09. The first-order valence-corrected chi connectivity index (χ1v) is 3.12. The van der Waals surface area contributed by atoms with Crippen molar-refractivity contribution < 1.29 is 5.11 Å². The highest BCUT2D eigenvalue weighted by molar-refractivity contribution is 6.34. The van der Waals surface area contributed by atoms with Gasteiger partial charge in [-0.25, -0.2) is 4.98 Å². The molecule has 1 aromatic rings. The minimum Gasteiger partial charge on any atom is -0.392 e. The molecule has 0 aliphatic rings. The molecule has 0 saturated carbocycles. The predicted octanol–water partition coefficient (Wildman–Crippen LogP) is 0.0211. The molecule has 2 nitrogen and oxygen atoms in total. The van der Waals surface area contributed by atoms with Gasteiger partial charge in [0.2, 0.25) is 0 Å². The molecule has 1 rings (SSSR count). The Bertz CT molecular complexity index is 241. The van der Waals surface area contributed by atoms with Gasteiger partial charge in [-0.2, -0.15) is 0 Å². The minimum absolute atomic E-state index is 0.103. The maximum absolute atomic E-state index is 8.68. The lowest BCUT2D eigenvalue weighted by atomic mass is 9.93. The minimum atomic E-state index is -0.103. The first-order chi connectivity index (χ1) is 4.74. The van der Waals surface area contributed by atoms with E-state index in [-0.39, 0.29) is 6.61 Å². The smallest absolute Gasteiger partial charge is 0.129 e. The Labute approximate surface area is 65.3 Å². The average molecular weight is 153 g/mol. The third-order valence-electron chi connectivity index (χ3n) is 1.16. The van der Waals surface area contributed by atoms with Crippen molar-refractivity contribution in [2.75, 3.05) is 0 Å². The molecule has 0 saturated heterocycles. The van der Waals surface area contributed by atoms with E-state index in [1.54, 1.807) is 0 Å². The van der Waals surface area contributed by atoms with E-state index >= 15 is 0 Å². The van der Waals surface area contributed by atoms with Gasteiger partial charge in [0.25, 0.3) is 0 Å². The van der Waals surface area contributed by atoms with Gasteiger partial charge in [-0.15, -0.1) is 0 Å². The maximum atomic E-state index is 8.68. The molecule has 1 aromatic heterocycles. The number of pyridine rings is 1. The van der Waals surface area contributed by atoms with Crippen molar-refractivity contribution in [1.29, 1.82) is 0 Å². The van der Waals surface area contributed by atoms with Crippen LogP contribution in [-0.4, -0.2) is 17.9 Å². The van der Waals surface area contributed by atoms with E-state index in [2.05, 4.69) is 4.98 Å². The molecule has 1 N–H and O–H groups in total. The molecule has 4 heteroatoms. The van der Waals surface area contributed by atoms with Crippen LogP contribution in [0.15, 0.2) is 12.3 Å². The van der Waals surface area contributed by atoms with Gasteiger partial charge in [0.05, 0.1) is 6.61 Å². The van der Waals surface area contributed by atoms with Crippen LogP contribution in [0.25, 0.3) is 0 Å². The largest absolute Gasteiger partial charge is 0.392 e. The maximum Gasteiger partial charge on any atom is 0.129 e. The van der Waals surface area contributed by atoms with Crippen molar-refractivity contribution in [1.82, 2.24) is 4.98 Å². The Morgan fingerprint density at radius 2 is 2.40 bits per heavy atom. The third-order valence-corrected chi connectivity index (χ3v) is 1.37. The highest BCUT2D eigenvalue weighted by atomic mass is 35.5. The highest BCUT2D eigenvalue weighted by Crippen LogP contribution is 2.03. The summed E-state index contributed by atoms with van der Waals surface area (Å²) in [6.07, 6.45) is 1.42. The van der Waals surface area contributed by atoms with E-state index in [4.69, 9.17) is 24.6 Å². The second-order valence-corrected chi connectivity index (χ2v) is 2.25. The van der Waals surface area contributed by atoms with Gasteiger partial charge in [0, 0.05) is 6.20 Å². The average Bonchev–Trinajstić information content (AvgIpc) is 1.94. The molecule has 2 radical (unpaired) electrons. The monoisotopic (exact) mass is 153 g/mol. The van der Waals surface area contributed by atoms with Crippen molar-refractivity contribution in [3.05, 3.63) is 23.0 Å².